The quantitative estimate of drug-likeness (QED) is 0.906. The Morgan fingerprint density at radius 3 is 2.56 bits per heavy atom. The molecule has 2 rings (SSSR count). The molecule has 0 radical (unpaired) electrons. The van der Waals surface area contributed by atoms with Crippen LogP contribution in [-0.4, -0.2) is 25.8 Å². The van der Waals surface area contributed by atoms with E-state index in [0.29, 0.717) is 23.6 Å². The summed E-state index contributed by atoms with van der Waals surface area (Å²) in [6.45, 7) is 0. The fourth-order valence-electron chi connectivity index (χ4n) is 1.96. The van der Waals surface area contributed by atoms with Crippen molar-refractivity contribution >= 4 is 33.0 Å². The van der Waals surface area contributed by atoms with Crippen molar-refractivity contribution in [3.8, 4) is 0 Å². The molecule has 0 saturated carbocycles. The van der Waals surface area contributed by atoms with E-state index < -0.39 is 9.84 Å². The second-order valence-electron chi connectivity index (χ2n) is 4.43. The van der Waals surface area contributed by atoms with Gasteiger partial charge in [-0.1, -0.05) is 17.7 Å². The number of sulfone groups is 1. The minimum atomic E-state index is -2.93. The van der Waals surface area contributed by atoms with Crippen molar-refractivity contribution in [1.29, 1.82) is 0 Å². The normalized spacial score (nSPS) is 19.4. The van der Waals surface area contributed by atoms with E-state index in [0.717, 1.165) is 0 Å². The molecule has 6 heteroatoms. The Labute approximate surface area is 111 Å². The van der Waals surface area contributed by atoms with Crippen LogP contribution < -0.4 is 5.32 Å². The van der Waals surface area contributed by atoms with Crippen LogP contribution in [0.4, 0.5) is 5.69 Å². The van der Waals surface area contributed by atoms with E-state index in [1.165, 1.54) is 0 Å². The Bertz CT molecular complexity index is 542. The molecule has 1 aromatic carbocycles. The second kappa shape index (κ2) is 5.28. The molecule has 0 spiro atoms. The number of benzene rings is 1. The van der Waals surface area contributed by atoms with Crippen LogP contribution in [0.25, 0.3) is 0 Å². The highest BCUT2D eigenvalue weighted by Gasteiger charge is 2.28. The number of anilines is 1. The molecule has 1 aliphatic heterocycles. The van der Waals surface area contributed by atoms with Crippen LogP contribution in [0.15, 0.2) is 24.3 Å². The summed E-state index contributed by atoms with van der Waals surface area (Å²) < 4.78 is 22.5. The van der Waals surface area contributed by atoms with Gasteiger partial charge in [0, 0.05) is 16.6 Å². The number of hydrogen-bond donors (Lipinski definition) is 1. The smallest absolute Gasteiger partial charge is 0.227 e. The number of carbonyl (C=O) groups is 1. The zero-order valence-electron chi connectivity index (χ0n) is 9.73. The van der Waals surface area contributed by atoms with Crippen LogP contribution in [0.5, 0.6) is 0 Å². The largest absolute Gasteiger partial charge is 0.326 e. The molecule has 1 amide bonds. The lowest BCUT2D eigenvalue weighted by molar-refractivity contribution is -0.120. The van der Waals surface area contributed by atoms with Gasteiger partial charge in [-0.2, -0.15) is 0 Å². The molecule has 4 nitrogen and oxygen atoms in total. The van der Waals surface area contributed by atoms with E-state index >= 15 is 0 Å². The van der Waals surface area contributed by atoms with Crippen LogP contribution in [0.1, 0.15) is 12.8 Å². The molecule has 0 atom stereocenters. The van der Waals surface area contributed by atoms with E-state index in [-0.39, 0.29) is 23.3 Å². The van der Waals surface area contributed by atoms with E-state index in [1.807, 2.05) is 0 Å². The van der Waals surface area contributed by atoms with Crippen LogP contribution >= 0.6 is 11.6 Å². The average molecular weight is 288 g/mol. The minimum absolute atomic E-state index is 0.0978. The molecule has 1 saturated heterocycles. The number of halogens is 1. The maximum atomic E-state index is 11.9. The molecule has 1 aromatic rings. The lowest BCUT2D eigenvalue weighted by Gasteiger charge is -2.21. The molecule has 0 bridgehead atoms. The van der Waals surface area contributed by atoms with Gasteiger partial charge in [-0.05, 0) is 31.0 Å². The van der Waals surface area contributed by atoms with Gasteiger partial charge in [0.15, 0.2) is 0 Å². The summed E-state index contributed by atoms with van der Waals surface area (Å²) in [4.78, 5) is 11.9. The molecule has 18 heavy (non-hydrogen) atoms. The molecule has 1 fully saturated rings. The number of nitrogens with one attached hydrogen (secondary N) is 1. The van der Waals surface area contributed by atoms with Gasteiger partial charge in [0.05, 0.1) is 11.5 Å². The Morgan fingerprint density at radius 2 is 1.94 bits per heavy atom. The van der Waals surface area contributed by atoms with Crippen LogP contribution in [-0.2, 0) is 14.6 Å². The highest BCUT2D eigenvalue weighted by atomic mass is 35.5. The highest BCUT2D eigenvalue weighted by Crippen LogP contribution is 2.21. The van der Waals surface area contributed by atoms with E-state index in [4.69, 9.17) is 11.6 Å². The molecule has 0 aliphatic carbocycles. The fraction of sp³-hybridized carbons (Fsp3) is 0.417. The fourth-order valence-corrected chi connectivity index (χ4v) is 3.64. The van der Waals surface area contributed by atoms with Gasteiger partial charge in [-0.3, -0.25) is 4.79 Å². The number of rotatable bonds is 2. The van der Waals surface area contributed by atoms with E-state index in [1.54, 1.807) is 24.3 Å². The predicted octanol–water partition coefficient (Wildman–Crippen LogP) is 2.10. The minimum Gasteiger partial charge on any atom is -0.326 e. The summed E-state index contributed by atoms with van der Waals surface area (Å²) in [5, 5.41) is 3.32. The monoisotopic (exact) mass is 287 g/mol. The summed E-state index contributed by atoms with van der Waals surface area (Å²) in [6, 6.07) is 6.90. The first-order valence-electron chi connectivity index (χ1n) is 5.73. The molecule has 1 N–H and O–H groups in total. The first kappa shape index (κ1) is 13.4. The topological polar surface area (TPSA) is 63.2 Å². The summed E-state index contributed by atoms with van der Waals surface area (Å²) in [6.07, 6.45) is 0.795. The van der Waals surface area contributed by atoms with E-state index in [2.05, 4.69) is 5.32 Å². The molecule has 0 unspecified atom stereocenters. The summed E-state index contributed by atoms with van der Waals surface area (Å²) >= 11 is 5.82. The third-order valence-electron chi connectivity index (χ3n) is 3.02. The lowest BCUT2D eigenvalue weighted by Crippen LogP contribution is -2.31. The first-order valence-corrected chi connectivity index (χ1v) is 7.93. The molecular weight excluding hydrogens is 274 g/mol. The van der Waals surface area contributed by atoms with Gasteiger partial charge in [0.2, 0.25) is 5.91 Å². The van der Waals surface area contributed by atoms with Crippen molar-refractivity contribution < 1.29 is 13.2 Å². The highest BCUT2D eigenvalue weighted by molar-refractivity contribution is 7.91. The first-order chi connectivity index (χ1) is 8.46. The van der Waals surface area contributed by atoms with Crippen molar-refractivity contribution in [3.63, 3.8) is 0 Å². The number of hydrogen-bond acceptors (Lipinski definition) is 3. The molecule has 98 valence electrons. The van der Waals surface area contributed by atoms with Crippen LogP contribution in [0, 0.1) is 5.92 Å². The van der Waals surface area contributed by atoms with Gasteiger partial charge in [-0.25, -0.2) is 8.42 Å². The van der Waals surface area contributed by atoms with Gasteiger partial charge >= 0.3 is 0 Å². The Kier molecular flexibility index (Phi) is 3.92. The zero-order chi connectivity index (χ0) is 13.2. The predicted molar refractivity (Wildman–Crippen MR) is 71.5 cm³/mol. The van der Waals surface area contributed by atoms with Crippen molar-refractivity contribution in [3.05, 3.63) is 29.3 Å². The Balaban J connectivity index is 1.97. The SMILES string of the molecule is O=C(Nc1cccc(Cl)c1)C1CCS(=O)(=O)CC1. The summed E-state index contributed by atoms with van der Waals surface area (Å²) in [5.41, 5.74) is 0.640. The van der Waals surface area contributed by atoms with Gasteiger partial charge in [0.1, 0.15) is 9.84 Å². The van der Waals surface area contributed by atoms with Gasteiger partial charge in [-0.15, -0.1) is 0 Å². The molecule has 1 heterocycles. The van der Waals surface area contributed by atoms with Gasteiger partial charge < -0.3 is 5.32 Å². The van der Waals surface area contributed by atoms with Crippen molar-refractivity contribution in [2.24, 2.45) is 5.92 Å². The Morgan fingerprint density at radius 1 is 1.28 bits per heavy atom. The third kappa shape index (κ3) is 3.46. The maximum Gasteiger partial charge on any atom is 0.227 e. The lowest BCUT2D eigenvalue weighted by atomic mass is 10.0. The average Bonchev–Trinajstić information content (AvgIpc) is 2.28. The summed E-state index contributed by atoms with van der Waals surface area (Å²) in [7, 11) is -2.93. The van der Waals surface area contributed by atoms with Crippen molar-refractivity contribution in [2.45, 2.75) is 12.8 Å². The standard InChI is InChI=1S/C12H14ClNO3S/c13-10-2-1-3-11(8-10)14-12(15)9-4-6-18(16,17)7-5-9/h1-3,8-9H,4-7H2,(H,14,15). The molecule has 0 aromatic heterocycles. The molecular formula is C12H14ClNO3S. The zero-order valence-corrected chi connectivity index (χ0v) is 11.3. The van der Waals surface area contributed by atoms with Gasteiger partial charge in [0.25, 0.3) is 0 Å². The van der Waals surface area contributed by atoms with Crippen LogP contribution in [0.2, 0.25) is 5.02 Å². The van der Waals surface area contributed by atoms with Crippen LogP contribution in [0.3, 0.4) is 0 Å². The summed E-state index contributed by atoms with van der Waals surface area (Å²) in [5.74, 6) is -0.166. The third-order valence-corrected chi connectivity index (χ3v) is 4.97. The number of amides is 1. The van der Waals surface area contributed by atoms with Crippen molar-refractivity contribution in [1.82, 2.24) is 0 Å². The molecule has 1 aliphatic rings. The van der Waals surface area contributed by atoms with Crippen molar-refractivity contribution in [2.75, 3.05) is 16.8 Å². The maximum absolute atomic E-state index is 11.9. The Hall–Kier alpha value is -1.07. The van der Waals surface area contributed by atoms with E-state index in [9.17, 15) is 13.2 Å². The number of carbonyl (C=O) groups excluding carboxylic acids is 1. The second-order valence-corrected chi connectivity index (χ2v) is 7.17.